The number of aliphatic carboxylic acids is 1. The zero-order valence-electron chi connectivity index (χ0n) is 12.4. The molecular formula is C14H19N3O4S. The van der Waals surface area contributed by atoms with Gasteiger partial charge in [-0.25, -0.2) is 0 Å². The van der Waals surface area contributed by atoms with Crippen LogP contribution in [0.25, 0.3) is 0 Å². The molecule has 0 aliphatic heterocycles. The third-order valence-electron chi connectivity index (χ3n) is 3.04. The number of nitrogens with zero attached hydrogens (tertiary/aromatic N) is 2. The van der Waals surface area contributed by atoms with E-state index in [4.69, 9.17) is 5.26 Å². The third-order valence-corrected chi connectivity index (χ3v) is 4.66. The summed E-state index contributed by atoms with van der Waals surface area (Å²) in [4.78, 5) is 11.4. The van der Waals surface area contributed by atoms with E-state index in [2.05, 4.69) is 4.72 Å². The highest BCUT2D eigenvalue weighted by molar-refractivity contribution is 7.87. The number of hydrogen-bond acceptors (Lipinski definition) is 4. The number of nitriles is 1. The maximum atomic E-state index is 12.3. The normalized spacial score (nSPS) is 14.3. The summed E-state index contributed by atoms with van der Waals surface area (Å²) in [5, 5.41) is 18.1. The highest BCUT2D eigenvalue weighted by Crippen LogP contribution is 2.16. The van der Waals surface area contributed by atoms with Crippen LogP contribution in [0.4, 0.5) is 0 Å². The minimum absolute atomic E-state index is 0.00343. The van der Waals surface area contributed by atoms with E-state index >= 15 is 0 Å². The first-order chi connectivity index (χ1) is 10.3. The van der Waals surface area contributed by atoms with E-state index in [1.165, 1.54) is 12.1 Å². The Morgan fingerprint density at radius 2 is 2.00 bits per heavy atom. The Morgan fingerprint density at radius 1 is 1.41 bits per heavy atom. The summed E-state index contributed by atoms with van der Waals surface area (Å²) in [5.41, 5.74) is 0.336. The van der Waals surface area contributed by atoms with Crippen molar-refractivity contribution in [1.29, 1.82) is 5.26 Å². The van der Waals surface area contributed by atoms with Gasteiger partial charge in [-0.1, -0.05) is 37.3 Å². The number of carboxylic acids is 1. The molecule has 0 saturated carbocycles. The van der Waals surface area contributed by atoms with Crippen molar-refractivity contribution in [2.45, 2.75) is 19.9 Å². The molecule has 22 heavy (non-hydrogen) atoms. The number of carbonyl (C=O) groups is 1. The van der Waals surface area contributed by atoms with Crippen LogP contribution in [0.5, 0.6) is 0 Å². The van der Waals surface area contributed by atoms with E-state index in [1.807, 2.05) is 6.07 Å². The van der Waals surface area contributed by atoms with E-state index in [9.17, 15) is 18.3 Å². The van der Waals surface area contributed by atoms with Crippen molar-refractivity contribution in [3.05, 3.63) is 35.9 Å². The van der Waals surface area contributed by atoms with Gasteiger partial charge in [-0.2, -0.15) is 22.7 Å². The predicted molar refractivity (Wildman–Crippen MR) is 80.9 cm³/mol. The molecule has 1 aromatic carbocycles. The summed E-state index contributed by atoms with van der Waals surface area (Å²) < 4.78 is 27.9. The molecule has 0 saturated heterocycles. The Balaban J connectivity index is 3.01. The van der Waals surface area contributed by atoms with Gasteiger partial charge in [0.1, 0.15) is 6.04 Å². The molecule has 0 amide bonds. The summed E-state index contributed by atoms with van der Waals surface area (Å²) in [6, 6.07) is 8.64. The zero-order valence-corrected chi connectivity index (χ0v) is 13.2. The van der Waals surface area contributed by atoms with Crippen molar-refractivity contribution in [2.24, 2.45) is 5.92 Å². The van der Waals surface area contributed by atoms with Crippen LogP contribution >= 0.6 is 0 Å². The predicted octanol–water partition coefficient (Wildman–Crippen LogP) is 1.13. The Bertz CT molecular complexity index is 640. The first-order valence-corrected chi connectivity index (χ1v) is 8.20. The van der Waals surface area contributed by atoms with Crippen molar-refractivity contribution in [2.75, 3.05) is 13.1 Å². The lowest BCUT2D eigenvalue weighted by Gasteiger charge is -2.24. The molecule has 1 aromatic rings. The summed E-state index contributed by atoms with van der Waals surface area (Å²) >= 11 is 0. The number of rotatable bonds is 8. The highest BCUT2D eigenvalue weighted by atomic mass is 32.2. The Morgan fingerprint density at radius 3 is 2.45 bits per heavy atom. The molecule has 0 aromatic heterocycles. The van der Waals surface area contributed by atoms with E-state index in [0.717, 1.165) is 4.31 Å². The minimum Gasteiger partial charge on any atom is -0.480 e. The van der Waals surface area contributed by atoms with Crippen LogP contribution in [0.1, 0.15) is 25.5 Å². The second-order valence-electron chi connectivity index (χ2n) is 4.79. The summed E-state index contributed by atoms with van der Waals surface area (Å²) in [6.45, 7) is 3.37. The van der Waals surface area contributed by atoms with Gasteiger partial charge in [0.2, 0.25) is 0 Å². The molecule has 0 fully saturated rings. The maximum absolute atomic E-state index is 12.3. The second-order valence-corrected chi connectivity index (χ2v) is 6.49. The summed E-state index contributed by atoms with van der Waals surface area (Å²) in [5.74, 6) is -1.78. The monoisotopic (exact) mass is 325 g/mol. The van der Waals surface area contributed by atoms with Gasteiger partial charge >= 0.3 is 5.97 Å². The van der Waals surface area contributed by atoms with Gasteiger partial charge in [0, 0.05) is 13.1 Å². The Hall–Kier alpha value is -1.95. The lowest BCUT2D eigenvalue weighted by atomic mass is 10.1. The molecule has 8 heteroatoms. The van der Waals surface area contributed by atoms with E-state index in [-0.39, 0.29) is 13.1 Å². The summed E-state index contributed by atoms with van der Waals surface area (Å²) in [7, 11) is -4.02. The van der Waals surface area contributed by atoms with Crippen LogP contribution in [-0.2, 0) is 15.0 Å². The van der Waals surface area contributed by atoms with Crippen LogP contribution in [0, 0.1) is 17.2 Å². The molecule has 120 valence electrons. The number of nitrogens with one attached hydrogen (secondary N) is 1. The average Bonchev–Trinajstić information content (AvgIpc) is 2.50. The zero-order chi connectivity index (χ0) is 16.8. The van der Waals surface area contributed by atoms with Crippen LogP contribution in [0.15, 0.2) is 30.3 Å². The average molecular weight is 325 g/mol. The van der Waals surface area contributed by atoms with E-state index in [0.29, 0.717) is 5.56 Å². The first kappa shape index (κ1) is 18.1. The van der Waals surface area contributed by atoms with Gasteiger partial charge in [-0.3, -0.25) is 4.79 Å². The fourth-order valence-electron chi connectivity index (χ4n) is 1.87. The molecule has 1 rings (SSSR count). The molecule has 0 heterocycles. The molecular weight excluding hydrogens is 306 g/mol. The largest absolute Gasteiger partial charge is 0.480 e. The third kappa shape index (κ3) is 4.80. The van der Waals surface area contributed by atoms with Crippen molar-refractivity contribution < 1.29 is 18.3 Å². The van der Waals surface area contributed by atoms with Gasteiger partial charge in [-0.15, -0.1) is 0 Å². The number of hydrogen-bond donors (Lipinski definition) is 2. The fourth-order valence-corrected chi connectivity index (χ4v) is 3.32. The molecule has 0 radical (unpaired) electrons. The topological polar surface area (TPSA) is 111 Å². The maximum Gasteiger partial charge on any atom is 0.326 e. The lowest BCUT2D eigenvalue weighted by Crippen LogP contribution is -2.45. The number of carboxylic acid groups (broad SMARTS) is 1. The molecule has 0 bridgehead atoms. The Labute approximate surface area is 130 Å². The van der Waals surface area contributed by atoms with E-state index < -0.39 is 28.1 Å². The standard InChI is InChI=1S/C14H19N3O4S/c1-3-17(10-11(2)9-15)22(20,21)16-13(14(18)19)12-7-5-4-6-8-12/h4-8,11,13,16H,3,10H2,1-2H3,(H,18,19)/t11?,13-/m1/s1. The van der Waals surface area contributed by atoms with Crippen molar-refractivity contribution in [1.82, 2.24) is 9.03 Å². The van der Waals surface area contributed by atoms with Crippen LogP contribution in [0.2, 0.25) is 0 Å². The van der Waals surface area contributed by atoms with Gasteiger partial charge in [0.15, 0.2) is 0 Å². The molecule has 2 N–H and O–H groups in total. The minimum atomic E-state index is -4.02. The smallest absolute Gasteiger partial charge is 0.326 e. The van der Waals surface area contributed by atoms with Gasteiger partial charge in [0.05, 0.1) is 12.0 Å². The van der Waals surface area contributed by atoms with E-state index in [1.54, 1.807) is 32.0 Å². The molecule has 1 unspecified atom stereocenters. The van der Waals surface area contributed by atoms with Gasteiger partial charge in [-0.05, 0) is 12.5 Å². The summed E-state index contributed by atoms with van der Waals surface area (Å²) in [6.07, 6.45) is 0. The van der Waals surface area contributed by atoms with Crippen molar-refractivity contribution >= 4 is 16.2 Å². The molecule has 7 nitrogen and oxygen atoms in total. The van der Waals surface area contributed by atoms with Crippen molar-refractivity contribution in [3.8, 4) is 6.07 Å². The first-order valence-electron chi connectivity index (χ1n) is 6.76. The Kier molecular flexibility index (Phi) is 6.49. The second kappa shape index (κ2) is 7.89. The molecule has 2 atom stereocenters. The van der Waals surface area contributed by atoms with Crippen LogP contribution in [0.3, 0.4) is 0 Å². The van der Waals surface area contributed by atoms with Crippen LogP contribution < -0.4 is 4.72 Å². The fraction of sp³-hybridized carbons (Fsp3) is 0.429. The number of benzene rings is 1. The van der Waals surface area contributed by atoms with Gasteiger partial charge < -0.3 is 5.11 Å². The molecule has 0 aliphatic carbocycles. The molecule has 0 aliphatic rings. The van der Waals surface area contributed by atoms with Crippen LogP contribution in [-0.4, -0.2) is 36.9 Å². The highest BCUT2D eigenvalue weighted by Gasteiger charge is 2.30. The SMILES string of the molecule is CCN(CC(C)C#N)S(=O)(=O)N[C@@H](C(=O)O)c1ccccc1. The lowest BCUT2D eigenvalue weighted by molar-refractivity contribution is -0.139. The molecule has 0 spiro atoms. The van der Waals surface area contributed by atoms with Crippen molar-refractivity contribution in [3.63, 3.8) is 0 Å². The van der Waals surface area contributed by atoms with Gasteiger partial charge in [0.25, 0.3) is 10.2 Å². The quantitative estimate of drug-likeness (QED) is 0.744.